The third-order valence-corrected chi connectivity index (χ3v) is 8.09. The van der Waals surface area contributed by atoms with Gasteiger partial charge in [-0.2, -0.15) is 5.10 Å². The van der Waals surface area contributed by atoms with E-state index in [1.165, 1.54) is 4.68 Å². The van der Waals surface area contributed by atoms with Crippen molar-refractivity contribution in [2.75, 3.05) is 13.2 Å². The summed E-state index contributed by atoms with van der Waals surface area (Å²) in [6.45, 7) is 2.13. The van der Waals surface area contributed by atoms with Crippen LogP contribution in [0.5, 0.6) is 5.75 Å². The topological polar surface area (TPSA) is 137 Å². The van der Waals surface area contributed by atoms with Crippen LogP contribution in [-0.2, 0) is 37.8 Å². The molecule has 3 heterocycles. The van der Waals surface area contributed by atoms with E-state index >= 15 is 0 Å². The summed E-state index contributed by atoms with van der Waals surface area (Å²) >= 11 is 0. The first kappa shape index (κ1) is 26.5. The van der Waals surface area contributed by atoms with Gasteiger partial charge in [0.25, 0.3) is 5.91 Å². The number of nitrogens with zero attached hydrogens (tertiary/aromatic N) is 4. The second-order valence-corrected chi connectivity index (χ2v) is 10.9. The first-order valence-corrected chi connectivity index (χ1v) is 13.7. The molecule has 11 nitrogen and oxygen atoms in total. The van der Waals surface area contributed by atoms with Gasteiger partial charge in [0.2, 0.25) is 17.4 Å². The zero-order valence-corrected chi connectivity index (χ0v) is 22.7. The highest BCUT2D eigenvalue weighted by atomic mass is 16.6. The predicted octanol–water partition coefficient (Wildman–Crippen LogP) is 2.82. The van der Waals surface area contributed by atoms with E-state index in [1.54, 1.807) is 35.5 Å². The Labute approximate surface area is 236 Å². The molecule has 2 aromatic carbocycles. The van der Waals surface area contributed by atoms with Crippen LogP contribution in [0.4, 0.5) is 4.79 Å². The molecule has 3 aliphatic rings. The van der Waals surface area contributed by atoms with Gasteiger partial charge in [-0.3, -0.25) is 19.1 Å². The van der Waals surface area contributed by atoms with E-state index in [2.05, 4.69) is 5.10 Å². The summed E-state index contributed by atoms with van der Waals surface area (Å²) in [7, 11) is 0. The van der Waals surface area contributed by atoms with Crippen molar-refractivity contribution in [2.24, 2.45) is 11.7 Å². The Hall–Kier alpha value is -4.67. The summed E-state index contributed by atoms with van der Waals surface area (Å²) in [5.74, 6) is -0.564. The molecule has 1 spiro atoms. The average molecular weight is 558 g/mol. The first-order valence-electron chi connectivity index (χ1n) is 13.7. The molecule has 2 aliphatic heterocycles. The molecule has 2 fully saturated rings. The van der Waals surface area contributed by atoms with Crippen molar-refractivity contribution in [1.29, 1.82) is 0 Å². The molecule has 4 amide bonds. The van der Waals surface area contributed by atoms with Crippen molar-refractivity contribution < 1.29 is 28.7 Å². The van der Waals surface area contributed by atoms with Gasteiger partial charge in [0.05, 0.1) is 12.8 Å². The smallest absolute Gasteiger partial charge is 0.418 e. The second-order valence-electron chi connectivity index (χ2n) is 10.9. The Morgan fingerprint density at radius 2 is 1.90 bits per heavy atom. The Bertz CT molecular complexity index is 1520. The summed E-state index contributed by atoms with van der Waals surface area (Å²) < 4.78 is 13.1. The average Bonchev–Trinajstić information content (AvgIpc) is 3.67. The zero-order chi connectivity index (χ0) is 28.7. The van der Waals surface area contributed by atoms with E-state index in [1.807, 2.05) is 37.3 Å². The third kappa shape index (κ3) is 5.03. The highest BCUT2D eigenvalue weighted by molar-refractivity contribution is 6.06. The highest BCUT2D eigenvalue weighted by Crippen LogP contribution is 2.46. The molecule has 2 atom stereocenters. The summed E-state index contributed by atoms with van der Waals surface area (Å²) in [4.78, 5) is 54.5. The second kappa shape index (κ2) is 10.4. The third-order valence-electron chi connectivity index (χ3n) is 8.09. The van der Waals surface area contributed by atoms with Crippen LogP contribution in [-0.4, -0.2) is 62.6 Å². The largest absolute Gasteiger partial charge is 0.493 e. The molecular weight excluding hydrogens is 526 g/mol. The number of carbonyl (C=O) groups excluding carboxylic acids is 4. The van der Waals surface area contributed by atoms with Crippen LogP contribution in [0, 0.1) is 5.92 Å². The number of aromatic nitrogens is 2. The fourth-order valence-corrected chi connectivity index (χ4v) is 5.66. The van der Waals surface area contributed by atoms with E-state index in [4.69, 9.17) is 15.2 Å². The summed E-state index contributed by atoms with van der Waals surface area (Å²) in [5, 5.41) is 4.15. The quantitative estimate of drug-likeness (QED) is 0.427. The highest BCUT2D eigenvalue weighted by Gasteiger charge is 2.58. The molecule has 6 rings (SSSR count). The number of ether oxygens (including phenoxy) is 2. The van der Waals surface area contributed by atoms with Crippen LogP contribution in [0.1, 0.15) is 37.3 Å². The molecule has 1 saturated heterocycles. The van der Waals surface area contributed by atoms with E-state index < -0.39 is 30.1 Å². The standard InChI is InChI=1S/C30H31N5O6/c1-19(21-7-8-21)34(15-20-5-3-2-4-6-20)27(37)18-35-28(38)30(41-29(35)39)11-12-40-25-13-22(9-10-24(25)30)23-14-32-33(16-23)17-26(31)36/h2-6,9-10,13-14,16,19,21H,7-8,11-12,15,17-18H2,1H3,(H2,31,36). The van der Waals surface area contributed by atoms with Crippen molar-refractivity contribution in [2.45, 2.75) is 50.9 Å². The van der Waals surface area contributed by atoms with E-state index in [9.17, 15) is 19.2 Å². The van der Waals surface area contributed by atoms with Gasteiger partial charge in [0.1, 0.15) is 18.8 Å². The van der Waals surface area contributed by atoms with Crippen LogP contribution in [0.2, 0.25) is 0 Å². The molecule has 2 N–H and O–H groups in total. The van der Waals surface area contributed by atoms with Gasteiger partial charge in [-0.15, -0.1) is 0 Å². The maximum absolute atomic E-state index is 13.8. The molecule has 41 heavy (non-hydrogen) atoms. The number of hydrogen-bond donors (Lipinski definition) is 1. The number of benzene rings is 2. The molecule has 2 unspecified atom stereocenters. The summed E-state index contributed by atoms with van der Waals surface area (Å²) in [6, 6.07) is 14.9. The Morgan fingerprint density at radius 1 is 1.12 bits per heavy atom. The lowest BCUT2D eigenvalue weighted by Gasteiger charge is -2.32. The van der Waals surface area contributed by atoms with Crippen molar-refractivity contribution in [1.82, 2.24) is 19.6 Å². The number of rotatable bonds is 9. The SMILES string of the molecule is CC(C1CC1)N(Cc1ccccc1)C(=O)CN1C(=O)OC2(CCOc3cc(-c4cnn(CC(N)=O)c4)ccc32)C1=O. The van der Waals surface area contributed by atoms with Gasteiger partial charge in [-0.05, 0) is 42.9 Å². The lowest BCUT2D eigenvalue weighted by Crippen LogP contribution is -2.48. The molecule has 1 aromatic heterocycles. The van der Waals surface area contributed by atoms with Crippen molar-refractivity contribution >= 4 is 23.8 Å². The normalized spacial score (nSPS) is 20.4. The van der Waals surface area contributed by atoms with Crippen LogP contribution >= 0.6 is 0 Å². The first-order chi connectivity index (χ1) is 19.7. The maximum Gasteiger partial charge on any atom is 0.418 e. The van der Waals surface area contributed by atoms with Gasteiger partial charge < -0.3 is 20.1 Å². The zero-order valence-electron chi connectivity index (χ0n) is 22.7. The minimum Gasteiger partial charge on any atom is -0.493 e. The number of carbonyl (C=O) groups is 4. The summed E-state index contributed by atoms with van der Waals surface area (Å²) in [5.41, 5.74) is 6.57. The van der Waals surface area contributed by atoms with Gasteiger partial charge in [0, 0.05) is 36.3 Å². The summed E-state index contributed by atoms with van der Waals surface area (Å²) in [6.07, 6.45) is 4.68. The fourth-order valence-electron chi connectivity index (χ4n) is 5.66. The number of nitrogens with two attached hydrogens (primary N) is 1. The Balaban J connectivity index is 1.23. The van der Waals surface area contributed by atoms with E-state index in [0.717, 1.165) is 34.4 Å². The van der Waals surface area contributed by atoms with Gasteiger partial charge in [-0.1, -0.05) is 42.5 Å². The molecule has 3 aromatic rings. The molecule has 11 heteroatoms. The fraction of sp³-hybridized carbons (Fsp3) is 0.367. The lowest BCUT2D eigenvalue weighted by atomic mass is 9.86. The molecule has 0 radical (unpaired) electrons. The Morgan fingerprint density at radius 3 is 2.63 bits per heavy atom. The van der Waals surface area contributed by atoms with Crippen LogP contribution in [0.25, 0.3) is 11.1 Å². The minimum absolute atomic E-state index is 0.0139. The van der Waals surface area contributed by atoms with Gasteiger partial charge in [0.15, 0.2) is 0 Å². The lowest BCUT2D eigenvalue weighted by molar-refractivity contribution is -0.144. The number of amides is 4. The molecule has 1 aliphatic carbocycles. The molecule has 1 saturated carbocycles. The van der Waals surface area contributed by atoms with Gasteiger partial charge >= 0.3 is 6.09 Å². The van der Waals surface area contributed by atoms with Crippen LogP contribution in [0.15, 0.2) is 60.9 Å². The number of imide groups is 1. The molecule has 212 valence electrons. The van der Waals surface area contributed by atoms with Crippen LogP contribution in [0.3, 0.4) is 0 Å². The maximum atomic E-state index is 13.8. The number of fused-ring (bicyclic) bond motifs is 2. The Kier molecular flexibility index (Phi) is 6.72. The number of primary amides is 1. The van der Waals surface area contributed by atoms with E-state index in [-0.39, 0.29) is 31.5 Å². The monoisotopic (exact) mass is 557 g/mol. The van der Waals surface area contributed by atoms with Gasteiger partial charge in [-0.25, -0.2) is 9.69 Å². The number of hydrogen-bond acceptors (Lipinski definition) is 7. The predicted molar refractivity (Wildman–Crippen MR) is 146 cm³/mol. The van der Waals surface area contributed by atoms with Crippen LogP contribution < -0.4 is 10.5 Å². The molecule has 0 bridgehead atoms. The van der Waals surface area contributed by atoms with Crippen molar-refractivity contribution in [3.05, 3.63) is 72.1 Å². The van der Waals surface area contributed by atoms with E-state index in [0.29, 0.717) is 23.8 Å². The minimum atomic E-state index is -1.56. The molecular formula is C30H31N5O6. The van der Waals surface area contributed by atoms with Crippen molar-refractivity contribution in [3.63, 3.8) is 0 Å². The van der Waals surface area contributed by atoms with Crippen molar-refractivity contribution in [3.8, 4) is 16.9 Å².